The Labute approximate surface area is 371 Å². The van der Waals surface area contributed by atoms with Crippen LogP contribution in [-0.2, 0) is 5.41 Å². The molecule has 0 amide bonds. The molecule has 1 nitrogen and oxygen atoms in total. The number of hydrogen-bond donors (Lipinski definition) is 0. The number of nitrogens with zero attached hydrogens (tertiary/aromatic N) is 1. The van der Waals surface area contributed by atoms with Gasteiger partial charge in [-0.1, -0.05) is 200 Å². The second kappa shape index (κ2) is 14.1. The zero-order valence-corrected chi connectivity index (χ0v) is 35.2. The summed E-state index contributed by atoms with van der Waals surface area (Å²) in [6, 6.07) is 87.8. The van der Waals surface area contributed by atoms with E-state index in [1.165, 1.54) is 98.1 Å². The van der Waals surface area contributed by atoms with Crippen LogP contribution in [0.15, 0.2) is 237 Å². The lowest BCUT2D eigenvalue weighted by molar-refractivity contribution is 0.794. The number of anilines is 3. The van der Waals surface area contributed by atoms with Crippen LogP contribution >= 0.6 is 11.3 Å². The van der Waals surface area contributed by atoms with Crippen molar-refractivity contribution in [2.45, 2.75) is 5.41 Å². The van der Waals surface area contributed by atoms with Crippen molar-refractivity contribution in [3.63, 3.8) is 0 Å². The predicted molar refractivity (Wildman–Crippen MR) is 267 cm³/mol. The van der Waals surface area contributed by atoms with Gasteiger partial charge in [0.25, 0.3) is 0 Å². The van der Waals surface area contributed by atoms with Gasteiger partial charge in [0.1, 0.15) is 0 Å². The van der Waals surface area contributed by atoms with Gasteiger partial charge in [0.2, 0.25) is 0 Å². The summed E-state index contributed by atoms with van der Waals surface area (Å²) in [6.45, 7) is 0. The van der Waals surface area contributed by atoms with E-state index in [4.69, 9.17) is 0 Å². The molecule has 0 unspecified atom stereocenters. The molecular weight excluding hydrogens is 779 g/mol. The van der Waals surface area contributed by atoms with Crippen LogP contribution in [0, 0.1) is 0 Å². The Bertz CT molecular complexity index is 3540. The van der Waals surface area contributed by atoms with Gasteiger partial charge < -0.3 is 4.90 Å². The van der Waals surface area contributed by atoms with Crippen LogP contribution in [0.5, 0.6) is 0 Å². The van der Waals surface area contributed by atoms with Crippen molar-refractivity contribution in [1.29, 1.82) is 0 Å². The van der Waals surface area contributed by atoms with Gasteiger partial charge in [0.05, 0.1) is 11.1 Å². The zero-order valence-electron chi connectivity index (χ0n) is 34.4. The maximum absolute atomic E-state index is 2.52. The topological polar surface area (TPSA) is 3.24 Å². The number of hydrogen-bond acceptors (Lipinski definition) is 2. The van der Waals surface area contributed by atoms with Crippen molar-refractivity contribution in [3.05, 3.63) is 259 Å². The first kappa shape index (κ1) is 35.9. The maximum atomic E-state index is 2.52. The summed E-state index contributed by atoms with van der Waals surface area (Å²) < 4.78 is 2.63. The molecule has 13 rings (SSSR count). The van der Waals surface area contributed by atoms with Gasteiger partial charge in [-0.05, 0) is 109 Å². The molecule has 0 radical (unpaired) electrons. The molecule has 0 N–H and O–H groups in total. The molecule has 294 valence electrons. The molecule has 2 aliphatic carbocycles. The third kappa shape index (κ3) is 5.29. The second-order valence-corrected chi connectivity index (χ2v) is 17.8. The van der Waals surface area contributed by atoms with Crippen molar-refractivity contribution in [1.82, 2.24) is 0 Å². The number of benzene rings is 10. The van der Waals surface area contributed by atoms with Gasteiger partial charge in [-0.3, -0.25) is 0 Å². The fourth-order valence-electron chi connectivity index (χ4n) is 10.9. The Kier molecular flexibility index (Phi) is 8.06. The van der Waals surface area contributed by atoms with Crippen LogP contribution in [0.3, 0.4) is 0 Å². The van der Waals surface area contributed by atoms with Crippen LogP contribution in [0.2, 0.25) is 0 Å². The van der Waals surface area contributed by atoms with E-state index in [0.717, 1.165) is 17.1 Å². The van der Waals surface area contributed by atoms with E-state index < -0.39 is 5.41 Å². The molecule has 0 fully saturated rings. The standard InChI is InChI=1S/C61H39NS/c1-3-18-40(19-4-1)45-37-36-44(39-52(45)41-20-5-2-6-21-41)62(43-23-15-22-42(38-43)46-28-16-29-50-49-26-10-14-35-58(49)63-60(46)50)57-34-17-33-56-59(57)51-27-9-13-32-55(51)61(56)53-30-11-7-24-47(53)48-25-8-12-31-54(48)61/h1-39H. The molecule has 2 heteroatoms. The first-order valence-electron chi connectivity index (χ1n) is 21.8. The van der Waals surface area contributed by atoms with Gasteiger partial charge in [0, 0.05) is 37.1 Å². The Morgan fingerprint density at radius 1 is 0.317 bits per heavy atom. The monoisotopic (exact) mass is 817 g/mol. The third-order valence-corrected chi connectivity index (χ3v) is 14.7. The van der Waals surface area contributed by atoms with Crippen molar-refractivity contribution in [2.75, 3.05) is 4.90 Å². The van der Waals surface area contributed by atoms with Crippen LogP contribution in [-0.4, -0.2) is 0 Å². The van der Waals surface area contributed by atoms with Crippen LogP contribution in [0.1, 0.15) is 22.3 Å². The molecule has 0 saturated heterocycles. The molecule has 1 aromatic heterocycles. The molecule has 1 spiro atoms. The van der Waals surface area contributed by atoms with Crippen LogP contribution < -0.4 is 4.90 Å². The fourth-order valence-corrected chi connectivity index (χ4v) is 12.2. The Hall–Kier alpha value is -7.78. The average Bonchev–Trinajstić information content (AvgIpc) is 3.99. The lowest BCUT2D eigenvalue weighted by atomic mass is 9.70. The highest BCUT2D eigenvalue weighted by atomic mass is 32.1. The minimum atomic E-state index is -0.453. The van der Waals surface area contributed by atoms with Crippen LogP contribution in [0.4, 0.5) is 17.1 Å². The minimum absolute atomic E-state index is 0.453. The van der Waals surface area contributed by atoms with E-state index in [0.29, 0.717) is 0 Å². The molecule has 0 saturated carbocycles. The van der Waals surface area contributed by atoms with Crippen molar-refractivity contribution in [3.8, 4) is 55.6 Å². The summed E-state index contributed by atoms with van der Waals surface area (Å²) in [5.41, 5.74) is 20.6. The minimum Gasteiger partial charge on any atom is -0.310 e. The average molecular weight is 818 g/mol. The fraction of sp³-hybridized carbons (Fsp3) is 0.0164. The Morgan fingerprint density at radius 2 is 0.841 bits per heavy atom. The highest BCUT2D eigenvalue weighted by molar-refractivity contribution is 7.26. The smallest absolute Gasteiger partial charge is 0.0726 e. The van der Waals surface area contributed by atoms with E-state index in [9.17, 15) is 0 Å². The number of rotatable bonds is 6. The van der Waals surface area contributed by atoms with Crippen molar-refractivity contribution >= 4 is 48.6 Å². The molecule has 10 aromatic carbocycles. The number of fused-ring (bicyclic) bond motifs is 13. The number of thiophene rings is 1. The first-order valence-corrected chi connectivity index (χ1v) is 22.6. The molecule has 0 bridgehead atoms. The van der Waals surface area contributed by atoms with E-state index in [-0.39, 0.29) is 0 Å². The largest absolute Gasteiger partial charge is 0.310 e. The summed E-state index contributed by atoms with van der Waals surface area (Å²) in [7, 11) is 0. The second-order valence-electron chi connectivity index (χ2n) is 16.7. The molecule has 2 aliphatic rings. The third-order valence-electron chi connectivity index (χ3n) is 13.5. The molecule has 0 atom stereocenters. The lowest BCUT2D eigenvalue weighted by Crippen LogP contribution is -2.26. The van der Waals surface area contributed by atoms with Crippen molar-refractivity contribution < 1.29 is 0 Å². The summed E-state index contributed by atoms with van der Waals surface area (Å²) in [6.07, 6.45) is 0. The van der Waals surface area contributed by atoms with Crippen molar-refractivity contribution in [2.24, 2.45) is 0 Å². The van der Waals surface area contributed by atoms with Gasteiger partial charge in [-0.15, -0.1) is 11.3 Å². The SMILES string of the molecule is c1ccc(-c2ccc(N(c3cccc(-c4cccc5c4sc4ccccc45)c3)c3cccc4c3-c3ccccc3C43c4ccccc4-c4ccccc43)cc2-c2ccccc2)cc1. The Morgan fingerprint density at radius 3 is 1.59 bits per heavy atom. The summed E-state index contributed by atoms with van der Waals surface area (Å²) in [4.78, 5) is 2.52. The summed E-state index contributed by atoms with van der Waals surface area (Å²) in [5, 5.41) is 2.62. The quantitative estimate of drug-likeness (QED) is 0.162. The van der Waals surface area contributed by atoms with E-state index >= 15 is 0 Å². The lowest BCUT2D eigenvalue weighted by Gasteiger charge is -2.32. The summed E-state index contributed by atoms with van der Waals surface area (Å²) >= 11 is 1.88. The van der Waals surface area contributed by atoms with E-state index in [2.05, 4.69) is 241 Å². The molecule has 11 aromatic rings. The molecular formula is C61H39NS. The maximum Gasteiger partial charge on any atom is 0.0726 e. The highest BCUT2D eigenvalue weighted by Crippen LogP contribution is 2.64. The summed E-state index contributed by atoms with van der Waals surface area (Å²) in [5.74, 6) is 0. The van der Waals surface area contributed by atoms with Gasteiger partial charge in [-0.25, -0.2) is 0 Å². The molecule has 1 heterocycles. The predicted octanol–water partition coefficient (Wildman–Crippen LogP) is 16.9. The molecule has 63 heavy (non-hydrogen) atoms. The van der Waals surface area contributed by atoms with Gasteiger partial charge in [-0.2, -0.15) is 0 Å². The van der Waals surface area contributed by atoms with Crippen LogP contribution in [0.25, 0.3) is 75.8 Å². The Balaban J connectivity index is 1.10. The first-order chi connectivity index (χ1) is 31.3. The zero-order chi connectivity index (χ0) is 41.5. The van der Waals surface area contributed by atoms with Gasteiger partial charge in [0.15, 0.2) is 0 Å². The van der Waals surface area contributed by atoms with Gasteiger partial charge >= 0.3 is 0 Å². The van der Waals surface area contributed by atoms with E-state index in [1.54, 1.807) is 0 Å². The van der Waals surface area contributed by atoms with E-state index in [1.807, 2.05) is 11.3 Å². The normalized spacial score (nSPS) is 12.9. The molecule has 0 aliphatic heterocycles. The highest BCUT2D eigenvalue weighted by Gasteiger charge is 2.52.